The SMILES string of the molecule is COc1ccc2c(c1)nc(C(C(=O)C(=O)c1ccccc1)=C(O)c1ccccc1)c(C)[n+]2[O-]. The lowest BCUT2D eigenvalue weighted by Gasteiger charge is -2.14. The maximum atomic E-state index is 13.4. The third-order valence-electron chi connectivity index (χ3n) is 5.27. The molecule has 1 aromatic heterocycles. The molecule has 0 amide bonds. The van der Waals surface area contributed by atoms with Crippen molar-refractivity contribution in [2.75, 3.05) is 7.11 Å². The van der Waals surface area contributed by atoms with Gasteiger partial charge in [0, 0.05) is 30.2 Å². The average molecular weight is 440 g/mol. The number of aliphatic hydroxyl groups is 1. The van der Waals surface area contributed by atoms with Gasteiger partial charge in [-0.25, -0.2) is 4.98 Å². The molecule has 0 atom stereocenters. The van der Waals surface area contributed by atoms with Gasteiger partial charge < -0.3 is 15.1 Å². The van der Waals surface area contributed by atoms with Crippen molar-refractivity contribution < 1.29 is 24.2 Å². The maximum Gasteiger partial charge on any atom is 0.242 e. The summed E-state index contributed by atoms with van der Waals surface area (Å²) in [5, 5.41) is 24.1. The largest absolute Gasteiger partial charge is 0.618 e. The van der Waals surface area contributed by atoms with Gasteiger partial charge in [0.05, 0.1) is 7.11 Å². The third kappa shape index (κ3) is 4.04. The molecule has 7 nitrogen and oxygen atoms in total. The summed E-state index contributed by atoms with van der Waals surface area (Å²) in [7, 11) is 1.48. The highest BCUT2D eigenvalue weighted by atomic mass is 16.5. The molecular formula is C26H20N2O5. The van der Waals surface area contributed by atoms with Crippen molar-refractivity contribution in [2.24, 2.45) is 0 Å². The summed E-state index contributed by atoms with van der Waals surface area (Å²) < 4.78 is 5.84. The number of carbonyl (C=O) groups is 2. The lowest BCUT2D eigenvalue weighted by Crippen LogP contribution is -2.34. The number of carbonyl (C=O) groups excluding carboxylic acids is 2. The van der Waals surface area contributed by atoms with Crippen LogP contribution in [0.1, 0.15) is 27.3 Å². The van der Waals surface area contributed by atoms with Crippen LogP contribution in [0.15, 0.2) is 78.9 Å². The Bertz CT molecular complexity index is 1400. The van der Waals surface area contributed by atoms with E-state index in [1.54, 1.807) is 66.7 Å². The number of ketones is 2. The van der Waals surface area contributed by atoms with Gasteiger partial charge >= 0.3 is 0 Å². The molecule has 0 saturated heterocycles. The molecule has 0 radical (unpaired) electrons. The molecule has 4 rings (SSSR count). The van der Waals surface area contributed by atoms with Crippen LogP contribution in [0.4, 0.5) is 0 Å². The molecule has 164 valence electrons. The zero-order valence-corrected chi connectivity index (χ0v) is 18.0. The van der Waals surface area contributed by atoms with Crippen molar-refractivity contribution in [1.29, 1.82) is 0 Å². The first-order valence-electron chi connectivity index (χ1n) is 10.1. The normalized spacial score (nSPS) is 11.7. The maximum absolute atomic E-state index is 13.4. The number of ether oxygens (including phenoxy) is 1. The Morgan fingerprint density at radius 2 is 1.55 bits per heavy atom. The second kappa shape index (κ2) is 8.92. The fourth-order valence-corrected chi connectivity index (χ4v) is 3.51. The summed E-state index contributed by atoms with van der Waals surface area (Å²) in [6, 6.07) is 21.1. The van der Waals surface area contributed by atoms with E-state index in [0.717, 1.165) is 0 Å². The Kier molecular flexibility index (Phi) is 5.87. The van der Waals surface area contributed by atoms with Crippen molar-refractivity contribution >= 4 is 33.9 Å². The predicted octanol–water partition coefficient (Wildman–Crippen LogP) is 4.06. The predicted molar refractivity (Wildman–Crippen MR) is 124 cm³/mol. The van der Waals surface area contributed by atoms with Gasteiger partial charge in [-0.3, -0.25) is 9.59 Å². The van der Waals surface area contributed by atoms with Crippen molar-refractivity contribution in [1.82, 2.24) is 4.98 Å². The second-order valence-electron chi connectivity index (χ2n) is 7.31. The summed E-state index contributed by atoms with van der Waals surface area (Å²) in [4.78, 5) is 31.0. The van der Waals surface area contributed by atoms with Gasteiger partial charge in [-0.2, -0.15) is 4.73 Å². The Morgan fingerprint density at radius 3 is 2.15 bits per heavy atom. The van der Waals surface area contributed by atoms with Crippen LogP contribution in [0.25, 0.3) is 22.4 Å². The van der Waals surface area contributed by atoms with E-state index < -0.39 is 17.3 Å². The number of benzene rings is 3. The van der Waals surface area contributed by atoms with Crippen LogP contribution in [0.5, 0.6) is 5.75 Å². The van der Waals surface area contributed by atoms with Gasteiger partial charge in [0.15, 0.2) is 0 Å². The van der Waals surface area contributed by atoms with Crippen LogP contribution in [-0.2, 0) is 4.79 Å². The molecule has 1 N–H and O–H groups in total. The second-order valence-corrected chi connectivity index (χ2v) is 7.31. The lowest BCUT2D eigenvalue weighted by molar-refractivity contribution is -0.584. The van der Waals surface area contributed by atoms with Crippen molar-refractivity contribution in [3.8, 4) is 5.75 Å². The first kappa shape index (κ1) is 21.7. The minimum absolute atomic E-state index is 0.0689. The number of Topliss-reactive ketones (excluding diaryl/α,β-unsaturated/α-hetero) is 2. The molecule has 3 aromatic carbocycles. The number of methoxy groups -OCH3 is 1. The number of hydrogen-bond acceptors (Lipinski definition) is 6. The van der Waals surface area contributed by atoms with Crippen molar-refractivity contribution in [2.45, 2.75) is 6.92 Å². The molecule has 0 saturated carbocycles. The van der Waals surface area contributed by atoms with Crippen LogP contribution < -0.4 is 9.47 Å². The van der Waals surface area contributed by atoms with Crippen molar-refractivity contribution in [3.05, 3.63) is 107 Å². The number of allylic oxidation sites excluding steroid dienone is 1. The van der Waals surface area contributed by atoms with E-state index in [4.69, 9.17) is 4.74 Å². The van der Waals surface area contributed by atoms with Crippen LogP contribution in [0.3, 0.4) is 0 Å². The Morgan fingerprint density at radius 1 is 0.939 bits per heavy atom. The van der Waals surface area contributed by atoms with Gasteiger partial charge in [-0.15, -0.1) is 0 Å². The summed E-state index contributed by atoms with van der Waals surface area (Å²) in [6.07, 6.45) is 0. The zero-order valence-electron chi connectivity index (χ0n) is 18.0. The number of fused-ring (bicyclic) bond motifs is 1. The Labute approximate surface area is 189 Å². The topological polar surface area (TPSA) is 103 Å². The molecule has 0 aliphatic rings. The number of rotatable bonds is 6. The van der Waals surface area contributed by atoms with E-state index in [0.29, 0.717) is 16.0 Å². The van der Waals surface area contributed by atoms with Gasteiger partial charge in [0.1, 0.15) is 28.3 Å². The monoisotopic (exact) mass is 440 g/mol. The number of aliphatic hydroxyl groups excluding tert-OH is 1. The molecular weight excluding hydrogens is 420 g/mol. The molecule has 0 aliphatic heterocycles. The minimum atomic E-state index is -0.972. The minimum Gasteiger partial charge on any atom is -0.618 e. The van der Waals surface area contributed by atoms with Crippen LogP contribution in [0.2, 0.25) is 0 Å². The molecule has 33 heavy (non-hydrogen) atoms. The summed E-state index contributed by atoms with van der Waals surface area (Å²) in [5.74, 6) is -1.77. The van der Waals surface area contributed by atoms with Crippen LogP contribution in [-0.4, -0.2) is 28.8 Å². The molecule has 0 fully saturated rings. The smallest absolute Gasteiger partial charge is 0.242 e. The van der Waals surface area contributed by atoms with Gasteiger partial charge in [-0.1, -0.05) is 60.7 Å². The average Bonchev–Trinajstić information content (AvgIpc) is 2.87. The van der Waals surface area contributed by atoms with Gasteiger partial charge in [0.25, 0.3) is 0 Å². The molecule has 0 bridgehead atoms. The van der Waals surface area contributed by atoms with E-state index in [1.807, 2.05) is 0 Å². The van der Waals surface area contributed by atoms with E-state index in [-0.39, 0.29) is 33.6 Å². The summed E-state index contributed by atoms with van der Waals surface area (Å²) in [6.45, 7) is 1.48. The molecule has 0 aliphatic carbocycles. The number of nitrogens with zero attached hydrogens (tertiary/aromatic N) is 2. The van der Waals surface area contributed by atoms with E-state index in [2.05, 4.69) is 4.98 Å². The van der Waals surface area contributed by atoms with Gasteiger partial charge in [0.2, 0.25) is 22.8 Å². The highest BCUT2D eigenvalue weighted by molar-refractivity contribution is 6.59. The summed E-state index contributed by atoms with van der Waals surface area (Å²) >= 11 is 0. The fraction of sp³-hybridized carbons (Fsp3) is 0.0769. The molecule has 1 heterocycles. The molecule has 7 heteroatoms. The van der Waals surface area contributed by atoms with E-state index >= 15 is 0 Å². The Balaban J connectivity index is 2.00. The highest BCUT2D eigenvalue weighted by Gasteiger charge is 2.31. The van der Waals surface area contributed by atoms with Crippen molar-refractivity contribution in [3.63, 3.8) is 0 Å². The highest BCUT2D eigenvalue weighted by Crippen LogP contribution is 2.28. The van der Waals surface area contributed by atoms with Crippen LogP contribution in [0, 0.1) is 12.1 Å². The van der Waals surface area contributed by atoms with E-state index in [1.165, 1.54) is 26.2 Å². The Hall–Kier alpha value is -4.52. The summed E-state index contributed by atoms with van der Waals surface area (Å²) in [5.41, 5.74) is 0.630. The molecule has 0 spiro atoms. The number of aromatic nitrogens is 2. The van der Waals surface area contributed by atoms with E-state index in [9.17, 15) is 19.9 Å². The first-order chi connectivity index (χ1) is 15.9. The standard InChI is InChI=1S/C26H20N2O5/c1-16-23(27-20-15-19(33-2)13-14-21(20)28(16)32)22(24(29)17-9-5-3-6-10-17)26(31)25(30)18-11-7-4-8-12-18/h3-15,29H,1-2H3. The first-order valence-corrected chi connectivity index (χ1v) is 10.1. The van der Waals surface area contributed by atoms with Gasteiger partial charge in [-0.05, 0) is 6.07 Å². The number of hydrogen-bond donors (Lipinski definition) is 1. The third-order valence-corrected chi connectivity index (χ3v) is 5.27. The lowest BCUT2D eigenvalue weighted by atomic mass is 9.94. The molecule has 0 unspecified atom stereocenters. The molecule has 4 aromatic rings. The quantitative estimate of drug-likeness (QED) is 0.121. The fourth-order valence-electron chi connectivity index (χ4n) is 3.51. The van der Waals surface area contributed by atoms with Crippen LogP contribution >= 0.6 is 0 Å². The zero-order chi connectivity index (χ0) is 23.5.